The van der Waals surface area contributed by atoms with Gasteiger partial charge in [-0.25, -0.2) is 0 Å². The first-order valence-electron chi connectivity index (χ1n) is 8.85. The largest absolute Gasteiger partial charge is 0.497 e. The second-order valence-corrected chi connectivity index (χ2v) is 6.20. The van der Waals surface area contributed by atoms with Crippen LogP contribution in [0.3, 0.4) is 0 Å². The molecular formula is C23H25NO4. The van der Waals surface area contributed by atoms with Crippen molar-refractivity contribution >= 4 is 12.1 Å². The highest BCUT2D eigenvalue weighted by atomic mass is 16.5. The molecule has 0 fully saturated rings. The molecule has 0 aliphatic heterocycles. The minimum Gasteiger partial charge on any atom is -0.497 e. The number of aldehydes is 1. The number of hydrogen-bond donors (Lipinski definition) is 0. The Morgan fingerprint density at radius 2 is 1.68 bits per heavy atom. The molecule has 0 aliphatic carbocycles. The van der Waals surface area contributed by atoms with Gasteiger partial charge in [-0.3, -0.25) is 9.59 Å². The Labute approximate surface area is 166 Å². The molecule has 0 amide bonds. The molecule has 5 nitrogen and oxygen atoms in total. The predicted octanol–water partition coefficient (Wildman–Crippen LogP) is 4.61. The van der Waals surface area contributed by atoms with Gasteiger partial charge in [0.2, 0.25) is 0 Å². The third kappa shape index (κ3) is 7.88. The summed E-state index contributed by atoms with van der Waals surface area (Å²) >= 11 is 0. The summed E-state index contributed by atoms with van der Waals surface area (Å²) in [5.41, 5.74) is 1.27. The second kappa shape index (κ2) is 12.1. The van der Waals surface area contributed by atoms with E-state index < -0.39 is 0 Å². The topological polar surface area (TPSA) is 76.4 Å². The highest BCUT2D eigenvalue weighted by Crippen LogP contribution is 2.17. The maximum absolute atomic E-state index is 11.4. The number of allylic oxidation sites excluding steroid dienone is 1. The van der Waals surface area contributed by atoms with Gasteiger partial charge in [-0.1, -0.05) is 13.5 Å². The lowest BCUT2D eigenvalue weighted by Gasteiger charge is -2.17. The minimum atomic E-state index is -0.0910. The monoisotopic (exact) mass is 379 g/mol. The minimum absolute atomic E-state index is 0.0294. The van der Waals surface area contributed by atoms with Gasteiger partial charge in [-0.2, -0.15) is 5.26 Å². The first-order chi connectivity index (χ1) is 13.4. The van der Waals surface area contributed by atoms with Crippen LogP contribution in [-0.4, -0.2) is 25.3 Å². The Hall–Kier alpha value is -3.39. The van der Waals surface area contributed by atoms with E-state index in [1.807, 2.05) is 19.9 Å². The Balaban J connectivity index is 0.000000330. The standard InChI is InChI=1S/C15H18O3.C8H7NO/c1-4-15(17)11(2)9-12(3)18-14-7-5-13(10-16)6-8-14;1-10-8-4-2-7(6-9)3-5-8/h4-8,10-12H,1,9H2,2-3H3;2-5H,1H3. The number of ketones is 1. The number of methoxy groups -OCH3 is 1. The van der Waals surface area contributed by atoms with Crippen LogP contribution in [0.1, 0.15) is 36.2 Å². The van der Waals surface area contributed by atoms with Gasteiger partial charge in [0.15, 0.2) is 5.78 Å². The van der Waals surface area contributed by atoms with Gasteiger partial charge in [-0.05, 0) is 68.0 Å². The molecule has 2 unspecified atom stereocenters. The van der Waals surface area contributed by atoms with E-state index in [-0.39, 0.29) is 17.8 Å². The third-order valence-electron chi connectivity index (χ3n) is 3.94. The fourth-order valence-electron chi connectivity index (χ4n) is 2.39. The van der Waals surface area contributed by atoms with Gasteiger partial charge in [0.1, 0.15) is 17.8 Å². The summed E-state index contributed by atoms with van der Waals surface area (Å²) in [6.07, 6.45) is 2.71. The Morgan fingerprint density at radius 3 is 2.14 bits per heavy atom. The van der Waals surface area contributed by atoms with Crippen LogP contribution < -0.4 is 9.47 Å². The molecule has 0 N–H and O–H groups in total. The summed E-state index contributed by atoms with van der Waals surface area (Å²) in [6, 6.07) is 15.9. The third-order valence-corrected chi connectivity index (χ3v) is 3.94. The summed E-state index contributed by atoms with van der Waals surface area (Å²) in [5.74, 6) is 1.42. The molecule has 2 aromatic rings. The van der Waals surface area contributed by atoms with Crippen LogP contribution in [-0.2, 0) is 4.79 Å². The number of rotatable bonds is 8. The van der Waals surface area contributed by atoms with Crippen molar-refractivity contribution in [3.8, 4) is 17.6 Å². The SMILES string of the molecule is C=CC(=O)C(C)CC(C)Oc1ccc(C=O)cc1.COc1ccc(C#N)cc1. The number of nitrogens with zero attached hydrogens (tertiary/aromatic N) is 1. The van der Waals surface area contributed by atoms with E-state index in [0.29, 0.717) is 23.3 Å². The highest BCUT2D eigenvalue weighted by molar-refractivity contribution is 5.90. The zero-order chi connectivity index (χ0) is 20.9. The van der Waals surface area contributed by atoms with Crippen LogP contribution in [0.25, 0.3) is 0 Å². The highest BCUT2D eigenvalue weighted by Gasteiger charge is 2.14. The number of nitriles is 1. The second-order valence-electron chi connectivity index (χ2n) is 6.20. The Bertz CT molecular complexity index is 804. The molecular weight excluding hydrogens is 354 g/mol. The average Bonchev–Trinajstić information content (AvgIpc) is 2.74. The number of ether oxygens (including phenoxy) is 2. The summed E-state index contributed by atoms with van der Waals surface area (Å²) < 4.78 is 10.6. The van der Waals surface area contributed by atoms with Crippen molar-refractivity contribution in [2.45, 2.75) is 26.4 Å². The van der Waals surface area contributed by atoms with Crippen molar-refractivity contribution in [1.29, 1.82) is 5.26 Å². The van der Waals surface area contributed by atoms with E-state index in [1.165, 1.54) is 6.08 Å². The molecule has 0 bridgehead atoms. The first kappa shape index (κ1) is 22.7. The molecule has 0 saturated carbocycles. The van der Waals surface area contributed by atoms with Crippen molar-refractivity contribution < 1.29 is 19.1 Å². The van der Waals surface area contributed by atoms with Gasteiger partial charge in [0, 0.05) is 11.5 Å². The lowest BCUT2D eigenvalue weighted by molar-refractivity contribution is -0.118. The van der Waals surface area contributed by atoms with Gasteiger partial charge in [0.25, 0.3) is 0 Å². The maximum Gasteiger partial charge on any atom is 0.158 e. The molecule has 0 spiro atoms. The van der Waals surface area contributed by atoms with Crippen molar-refractivity contribution in [1.82, 2.24) is 0 Å². The smallest absolute Gasteiger partial charge is 0.158 e. The van der Waals surface area contributed by atoms with E-state index in [9.17, 15) is 9.59 Å². The molecule has 0 radical (unpaired) electrons. The van der Waals surface area contributed by atoms with Gasteiger partial charge < -0.3 is 9.47 Å². The molecule has 0 heterocycles. The molecule has 0 aliphatic rings. The van der Waals surface area contributed by atoms with Gasteiger partial charge in [0.05, 0.1) is 24.8 Å². The lowest BCUT2D eigenvalue weighted by Crippen LogP contribution is -2.19. The first-order valence-corrected chi connectivity index (χ1v) is 8.85. The molecule has 5 heteroatoms. The number of hydrogen-bond acceptors (Lipinski definition) is 5. The van der Waals surface area contributed by atoms with Crippen LogP contribution >= 0.6 is 0 Å². The number of carbonyl (C=O) groups excluding carboxylic acids is 2. The fraction of sp³-hybridized carbons (Fsp3) is 0.261. The summed E-state index contributed by atoms with van der Waals surface area (Å²) in [7, 11) is 1.60. The normalized spacial score (nSPS) is 11.6. The van der Waals surface area contributed by atoms with E-state index in [4.69, 9.17) is 14.7 Å². The number of benzene rings is 2. The molecule has 146 valence electrons. The average molecular weight is 379 g/mol. The summed E-state index contributed by atoms with van der Waals surface area (Å²) in [6.45, 7) is 7.25. The lowest BCUT2D eigenvalue weighted by atomic mass is 9.99. The molecule has 2 rings (SSSR count). The quantitative estimate of drug-likeness (QED) is 0.494. The van der Waals surface area contributed by atoms with Crippen molar-refractivity contribution in [2.24, 2.45) is 5.92 Å². The van der Waals surface area contributed by atoms with Crippen molar-refractivity contribution in [2.75, 3.05) is 7.11 Å². The molecule has 0 aromatic heterocycles. The van der Waals surface area contributed by atoms with E-state index in [0.717, 1.165) is 12.0 Å². The molecule has 2 aromatic carbocycles. The van der Waals surface area contributed by atoms with E-state index in [1.54, 1.807) is 55.6 Å². The van der Waals surface area contributed by atoms with Crippen LogP contribution in [0, 0.1) is 17.2 Å². The van der Waals surface area contributed by atoms with Crippen LogP contribution in [0.2, 0.25) is 0 Å². The van der Waals surface area contributed by atoms with Gasteiger partial charge in [-0.15, -0.1) is 0 Å². The van der Waals surface area contributed by atoms with E-state index >= 15 is 0 Å². The van der Waals surface area contributed by atoms with Crippen molar-refractivity contribution in [3.63, 3.8) is 0 Å². The Morgan fingerprint density at radius 1 is 1.11 bits per heavy atom. The van der Waals surface area contributed by atoms with Crippen LogP contribution in [0.4, 0.5) is 0 Å². The zero-order valence-corrected chi connectivity index (χ0v) is 16.4. The Kier molecular flexibility index (Phi) is 9.77. The van der Waals surface area contributed by atoms with Crippen LogP contribution in [0.5, 0.6) is 11.5 Å². The summed E-state index contributed by atoms with van der Waals surface area (Å²) in [4.78, 5) is 21.9. The number of carbonyl (C=O) groups is 2. The van der Waals surface area contributed by atoms with Gasteiger partial charge >= 0.3 is 0 Å². The predicted molar refractivity (Wildman–Crippen MR) is 109 cm³/mol. The summed E-state index contributed by atoms with van der Waals surface area (Å²) in [5, 5.41) is 8.41. The molecule has 2 atom stereocenters. The zero-order valence-electron chi connectivity index (χ0n) is 16.4. The van der Waals surface area contributed by atoms with Crippen LogP contribution in [0.15, 0.2) is 61.2 Å². The molecule has 28 heavy (non-hydrogen) atoms. The maximum atomic E-state index is 11.4. The van der Waals surface area contributed by atoms with E-state index in [2.05, 4.69) is 6.58 Å². The molecule has 0 saturated heterocycles. The fourth-order valence-corrected chi connectivity index (χ4v) is 2.39. The van der Waals surface area contributed by atoms with Crippen molar-refractivity contribution in [3.05, 3.63) is 72.3 Å².